The fraction of sp³-hybridized carbons (Fsp3) is 0.280. The highest BCUT2D eigenvalue weighted by Gasteiger charge is 2.36. The Morgan fingerprint density at radius 1 is 0.968 bits per heavy atom. The monoisotopic (exact) mass is 419 g/mol. The molecular formula is C25H25NO5. The van der Waals surface area contributed by atoms with Gasteiger partial charge in [0.25, 0.3) is 5.91 Å². The summed E-state index contributed by atoms with van der Waals surface area (Å²) in [5, 5.41) is 1.81. The van der Waals surface area contributed by atoms with E-state index in [1.807, 2.05) is 38.1 Å². The Morgan fingerprint density at radius 3 is 2.26 bits per heavy atom. The Balaban J connectivity index is 1.82. The molecule has 0 fully saturated rings. The highest BCUT2D eigenvalue weighted by atomic mass is 16.5. The van der Waals surface area contributed by atoms with E-state index in [1.165, 1.54) is 6.92 Å². The predicted molar refractivity (Wildman–Crippen MR) is 119 cm³/mol. The lowest BCUT2D eigenvalue weighted by atomic mass is 9.99. The third kappa shape index (κ3) is 3.81. The standard InChI is InChI=1S/C25H25NO5/c1-4-14-30-24-20-9-7-6-8-19(20)23(29-5-2)21-15-26(25(28)22(21)24)17-10-12-18(13-11-17)31-16(3)27/h6-13H,4-5,14-15H2,1-3H3. The van der Waals surface area contributed by atoms with Crippen LogP contribution in [0.3, 0.4) is 0 Å². The van der Waals surface area contributed by atoms with E-state index in [0.717, 1.165) is 28.5 Å². The van der Waals surface area contributed by atoms with Crippen LogP contribution in [0.2, 0.25) is 0 Å². The number of rotatable bonds is 7. The number of ether oxygens (including phenoxy) is 3. The fourth-order valence-corrected chi connectivity index (χ4v) is 3.90. The smallest absolute Gasteiger partial charge is 0.308 e. The number of hydrogen-bond donors (Lipinski definition) is 0. The van der Waals surface area contributed by atoms with Crippen LogP contribution in [0.1, 0.15) is 43.1 Å². The van der Waals surface area contributed by atoms with Gasteiger partial charge >= 0.3 is 5.97 Å². The molecule has 1 aliphatic rings. The number of fused-ring (bicyclic) bond motifs is 2. The first-order valence-corrected chi connectivity index (χ1v) is 10.5. The predicted octanol–water partition coefficient (Wildman–Crippen LogP) is 5.11. The van der Waals surface area contributed by atoms with Gasteiger partial charge in [0.15, 0.2) is 0 Å². The van der Waals surface area contributed by atoms with E-state index in [2.05, 4.69) is 0 Å². The molecule has 31 heavy (non-hydrogen) atoms. The summed E-state index contributed by atoms with van der Waals surface area (Å²) in [6, 6.07) is 14.8. The van der Waals surface area contributed by atoms with Crippen LogP contribution in [0.15, 0.2) is 48.5 Å². The first-order valence-electron chi connectivity index (χ1n) is 10.5. The molecule has 0 saturated carbocycles. The highest BCUT2D eigenvalue weighted by molar-refractivity contribution is 6.16. The van der Waals surface area contributed by atoms with Crippen LogP contribution < -0.4 is 19.1 Å². The molecule has 0 radical (unpaired) electrons. The number of benzene rings is 3. The van der Waals surface area contributed by atoms with Crippen LogP contribution in [-0.2, 0) is 11.3 Å². The molecule has 0 aromatic heterocycles. The first-order chi connectivity index (χ1) is 15.0. The average Bonchev–Trinajstić information content (AvgIpc) is 3.10. The average molecular weight is 419 g/mol. The summed E-state index contributed by atoms with van der Waals surface area (Å²) in [4.78, 5) is 26.4. The van der Waals surface area contributed by atoms with Crippen LogP contribution in [0.4, 0.5) is 5.69 Å². The maximum absolute atomic E-state index is 13.5. The molecule has 1 heterocycles. The summed E-state index contributed by atoms with van der Waals surface area (Å²) in [6.07, 6.45) is 0.839. The molecule has 0 N–H and O–H groups in total. The largest absolute Gasteiger partial charge is 0.493 e. The Morgan fingerprint density at radius 2 is 1.65 bits per heavy atom. The minimum atomic E-state index is -0.386. The zero-order chi connectivity index (χ0) is 22.0. The topological polar surface area (TPSA) is 65.1 Å². The summed E-state index contributed by atoms with van der Waals surface area (Å²) in [5.41, 5.74) is 2.10. The van der Waals surface area contributed by atoms with Gasteiger partial charge < -0.3 is 19.1 Å². The molecule has 4 rings (SSSR count). The van der Waals surface area contributed by atoms with Crippen LogP contribution in [-0.4, -0.2) is 25.1 Å². The van der Waals surface area contributed by atoms with Crippen molar-refractivity contribution in [1.82, 2.24) is 0 Å². The van der Waals surface area contributed by atoms with Crippen LogP contribution in [0.5, 0.6) is 17.2 Å². The number of hydrogen-bond acceptors (Lipinski definition) is 5. The lowest BCUT2D eigenvalue weighted by Crippen LogP contribution is -2.23. The van der Waals surface area contributed by atoms with Crippen molar-refractivity contribution in [3.8, 4) is 17.2 Å². The van der Waals surface area contributed by atoms with E-state index in [-0.39, 0.29) is 11.9 Å². The third-order valence-electron chi connectivity index (χ3n) is 5.14. The maximum Gasteiger partial charge on any atom is 0.308 e. The Labute approximate surface area is 181 Å². The van der Waals surface area contributed by atoms with Crippen molar-refractivity contribution >= 4 is 28.3 Å². The van der Waals surface area contributed by atoms with Crippen molar-refractivity contribution < 1.29 is 23.8 Å². The van der Waals surface area contributed by atoms with E-state index in [9.17, 15) is 9.59 Å². The van der Waals surface area contributed by atoms with E-state index < -0.39 is 0 Å². The van der Waals surface area contributed by atoms with Crippen molar-refractivity contribution in [2.45, 2.75) is 33.7 Å². The summed E-state index contributed by atoms with van der Waals surface area (Å²) in [6.45, 7) is 6.72. The van der Waals surface area contributed by atoms with Gasteiger partial charge in [0.2, 0.25) is 0 Å². The minimum Gasteiger partial charge on any atom is -0.493 e. The van der Waals surface area contributed by atoms with Crippen LogP contribution in [0, 0.1) is 0 Å². The summed E-state index contributed by atoms with van der Waals surface area (Å²) in [5.74, 6) is 1.26. The van der Waals surface area contributed by atoms with E-state index in [4.69, 9.17) is 14.2 Å². The highest BCUT2D eigenvalue weighted by Crippen LogP contribution is 2.46. The van der Waals surface area contributed by atoms with E-state index >= 15 is 0 Å². The number of carbonyl (C=O) groups excluding carboxylic acids is 2. The molecule has 0 aliphatic carbocycles. The molecule has 3 aromatic carbocycles. The first kappa shape index (κ1) is 20.7. The Hall–Kier alpha value is -3.54. The summed E-state index contributed by atoms with van der Waals surface area (Å²) in [7, 11) is 0. The molecular weight excluding hydrogens is 394 g/mol. The molecule has 3 aromatic rings. The second-order valence-corrected chi connectivity index (χ2v) is 7.32. The molecule has 0 atom stereocenters. The van der Waals surface area contributed by atoms with Gasteiger partial charge in [0.05, 0.1) is 25.3 Å². The van der Waals surface area contributed by atoms with Gasteiger partial charge in [-0.3, -0.25) is 9.59 Å². The van der Waals surface area contributed by atoms with Crippen molar-refractivity contribution in [3.63, 3.8) is 0 Å². The maximum atomic E-state index is 13.5. The van der Waals surface area contributed by atoms with E-state index in [1.54, 1.807) is 29.2 Å². The minimum absolute atomic E-state index is 0.131. The van der Waals surface area contributed by atoms with Crippen molar-refractivity contribution in [3.05, 3.63) is 59.7 Å². The molecule has 6 heteroatoms. The second-order valence-electron chi connectivity index (χ2n) is 7.32. The van der Waals surface area contributed by atoms with Gasteiger partial charge in [-0.15, -0.1) is 0 Å². The number of esters is 1. The fourth-order valence-electron chi connectivity index (χ4n) is 3.90. The van der Waals surface area contributed by atoms with Crippen LogP contribution >= 0.6 is 0 Å². The van der Waals surface area contributed by atoms with Gasteiger partial charge in [-0.05, 0) is 37.6 Å². The van der Waals surface area contributed by atoms with Crippen molar-refractivity contribution in [1.29, 1.82) is 0 Å². The number of anilines is 1. The quantitative estimate of drug-likeness (QED) is 0.393. The lowest BCUT2D eigenvalue weighted by Gasteiger charge is -2.17. The molecule has 1 amide bonds. The van der Waals surface area contributed by atoms with Crippen LogP contribution in [0.25, 0.3) is 10.8 Å². The SMILES string of the molecule is CCCOc1c2c(c(OCC)c3ccccc13)CN(c1ccc(OC(C)=O)cc1)C2=O. The van der Waals surface area contributed by atoms with Gasteiger partial charge in [-0.2, -0.15) is 0 Å². The van der Waals surface area contributed by atoms with Crippen molar-refractivity contribution in [2.24, 2.45) is 0 Å². The Bertz CT molecular complexity index is 1140. The van der Waals surface area contributed by atoms with Gasteiger partial charge in [-0.1, -0.05) is 31.2 Å². The number of nitrogens with zero attached hydrogens (tertiary/aromatic N) is 1. The summed E-state index contributed by atoms with van der Waals surface area (Å²) < 4.78 is 17.2. The van der Waals surface area contributed by atoms with Gasteiger partial charge in [0, 0.05) is 28.9 Å². The van der Waals surface area contributed by atoms with Crippen molar-refractivity contribution in [2.75, 3.05) is 18.1 Å². The second kappa shape index (κ2) is 8.68. The molecule has 0 saturated heterocycles. The van der Waals surface area contributed by atoms with Gasteiger partial charge in [-0.25, -0.2) is 0 Å². The molecule has 0 unspecified atom stereocenters. The molecule has 160 valence electrons. The molecule has 6 nitrogen and oxygen atoms in total. The number of carbonyl (C=O) groups is 2. The number of amides is 1. The third-order valence-corrected chi connectivity index (χ3v) is 5.14. The van der Waals surface area contributed by atoms with E-state index in [0.29, 0.717) is 42.5 Å². The molecule has 0 bridgehead atoms. The molecule has 0 spiro atoms. The summed E-state index contributed by atoms with van der Waals surface area (Å²) >= 11 is 0. The van der Waals surface area contributed by atoms with Gasteiger partial charge in [0.1, 0.15) is 17.2 Å². The lowest BCUT2D eigenvalue weighted by molar-refractivity contribution is -0.131. The molecule has 1 aliphatic heterocycles. The zero-order valence-electron chi connectivity index (χ0n) is 17.9. The normalized spacial score (nSPS) is 12.7. The zero-order valence-corrected chi connectivity index (χ0v) is 17.9. The Kier molecular flexibility index (Phi) is 5.80.